The first-order valence-corrected chi connectivity index (χ1v) is 8.93. The van der Waals surface area contributed by atoms with Gasteiger partial charge in [0.15, 0.2) is 0 Å². The van der Waals surface area contributed by atoms with Crippen LogP contribution in [-0.4, -0.2) is 49.9 Å². The molecule has 1 aromatic carbocycles. The van der Waals surface area contributed by atoms with Crippen LogP contribution in [0.4, 0.5) is 5.69 Å². The minimum absolute atomic E-state index is 0.0577. The van der Waals surface area contributed by atoms with Gasteiger partial charge in [0.2, 0.25) is 11.8 Å². The number of hydrogen-bond donors (Lipinski definition) is 1. The van der Waals surface area contributed by atoms with Gasteiger partial charge < -0.3 is 15.1 Å². The number of carbonyl (C=O) groups excluding carboxylic acids is 2. The second-order valence-electron chi connectivity index (χ2n) is 6.53. The third-order valence-corrected chi connectivity index (χ3v) is 5.16. The molecule has 5 nitrogen and oxygen atoms in total. The molecule has 2 saturated heterocycles. The van der Waals surface area contributed by atoms with Crippen LogP contribution in [0.1, 0.15) is 12.8 Å². The Hall–Kier alpha value is -1.30. The van der Waals surface area contributed by atoms with Crippen LogP contribution >= 0.6 is 23.2 Å². The van der Waals surface area contributed by atoms with Gasteiger partial charge in [0, 0.05) is 41.8 Å². The molecule has 2 unspecified atom stereocenters. The van der Waals surface area contributed by atoms with Crippen LogP contribution < -0.4 is 10.2 Å². The quantitative estimate of drug-likeness (QED) is 0.886. The zero-order valence-corrected chi connectivity index (χ0v) is 15.1. The van der Waals surface area contributed by atoms with E-state index < -0.39 is 0 Å². The molecule has 0 spiro atoms. The number of rotatable bonds is 4. The lowest BCUT2D eigenvalue weighted by atomic mass is 10.1. The number of amides is 2. The molecule has 2 aliphatic rings. The van der Waals surface area contributed by atoms with Crippen LogP contribution in [0.5, 0.6) is 0 Å². The van der Waals surface area contributed by atoms with Crippen LogP contribution in [0.2, 0.25) is 10.0 Å². The number of benzene rings is 1. The minimum atomic E-state index is -0.288. The van der Waals surface area contributed by atoms with Gasteiger partial charge in [0.1, 0.15) is 0 Å². The zero-order valence-electron chi connectivity index (χ0n) is 13.6. The lowest BCUT2D eigenvalue weighted by molar-refractivity contribution is -0.134. The number of nitrogens with one attached hydrogen (secondary N) is 1. The van der Waals surface area contributed by atoms with E-state index in [4.69, 9.17) is 23.2 Å². The summed E-state index contributed by atoms with van der Waals surface area (Å²) in [5.41, 5.74) is 0.655. The van der Waals surface area contributed by atoms with Crippen LogP contribution in [0, 0.1) is 11.8 Å². The Morgan fingerprint density at radius 1 is 1.25 bits per heavy atom. The van der Waals surface area contributed by atoms with Crippen molar-refractivity contribution < 1.29 is 9.59 Å². The molecular weight excluding hydrogens is 349 g/mol. The smallest absolute Gasteiger partial charge is 0.228 e. The molecule has 2 atom stereocenters. The third kappa shape index (κ3) is 3.68. The van der Waals surface area contributed by atoms with E-state index in [1.54, 1.807) is 23.1 Å². The van der Waals surface area contributed by atoms with E-state index >= 15 is 0 Å². The molecule has 3 rings (SSSR count). The van der Waals surface area contributed by atoms with Crippen molar-refractivity contribution in [3.05, 3.63) is 28.2 Å². The molecule has 130 valence electrons. The summed E-state index contributed by atoms with van der Waals surface area (Å²) in [6.45, 7) is 2.86. The average Bonchev–Trinajstić information content (AvgIpc) is 3.13. The summed E-state index contributed by atoms with van der Waals surface area (Å²) in [4.78, 5) is 28.6. The van der Waals surface area contributed by atoms with Gasteiger partial charge in [-0.05, 0) is 44.1 Å². The molecule has 0 radical (unpaired) electrons. The Kier molecular flexibility index (Phi) is 5.33. The van der Waals surface area contributed by atoms with Crippen molar-refractivity contribution in [1.29, 1.82) is 0 Å². The van der Waals surface area contributed by atoms with E-state index in [-0.39, 0.29) is 24.2 Å². The Bertz CT molecular complexity index is 632. The highest BCUT2D eigenvalue weighted by molar-refractivity contribution is 6.35. The van der Waals surface area contributed by atoms with Gasteiger partial charge in [0.25, 0.3) is 0 Å². The number of nitrogens with zero attached hydrogens (tertiary/aromatic N) is 2. The van der Waals surface area contributed by atoms with E-state index in [0.29, 0.717) is 28.2 Å². The Labute approximate surface area is 151 Å². The molecule has 0 saturated carbocycles. The molecule has 2 aliphatic heterocycles. The first kappa shape index (κ1) is 17.5. The highest BCUT2D eigenvalue weighted by Crippen LogP contribution is 2.31. The molecule has 0 aromatic heterocycles. The van der Waals surface area contributed by atoms with Gasteiger partial charge in [-0.25, -0.2) is 0 Å². The summed E-state index contributed by atoms with van der Waals surface area (Å²) in [6, 6.07) is 5.04. The molecule has 7 heteroatoms. The van der Waals surface area contributed by atoms with Crippen molar-refractivity contribution in [1.82, 2.24) is 10.2 Å². The largest absolute Gasteiger partial charge is 0.342 e. The second-order valence-corrected chi connectivity index (χ2v) is 7.40. The van der Waals surface area contributed by atoms with E-state index in [2.05, 4.69) is 5.32 Å². The topological polar surface area (TPSA) is 52.7 Å². The maximum absolute atomic E-state index is 12.7. The standard InChI is InChI=1S/C17H21Cl2N3O2/c1-20-8-11-2-3-21(9-11)17(24)12-4-16(23)22(10-12)15-6-13(18)5-14(19)7-15/h5-7,11-12,20H,2-4,8-10H2,1H3. The fourth-order valence-corrected chi connectivity index (χ4v) is 4.08. The Morgan fingerprint density at radius 3 is 2.62 bits per heavy atom. The first-order chi connectivity index (χ1) is 11.5. The summed E-state index contributed by atoms with van der Waals surface area (Å²) >= 11 is 12.0. The van der Waals surface area contributed by atoms with Crippen LogP contribution in [0.3, 0.4) is 0 Å². The van der Waals surface area contributed by atoms with Gasteiger partial charge in [-0.1, -0.05) is 23.2 Å². The van der Waals surface area contributed by atoms with Crippen LogP contribution in [0.25, 0.3) is 0 Å². The zero-order chi connectivity index (χ0) is 17.3. The van der Waals surface area contributed by atoms with Crippen LogP contribution in [-0.2, 0) is 9.59 Å². The molecule has 0 bridgehead atoms. The normalized spacial score (nSPS) is 24.0. The number of likely N-dealkylation sites (tertiary alicyclic amines) is 1. The molecule has 24 heavy (non-hydrogen) atoms. The first-order valence-electron chi connectivity index (χ1n) is 8.17. The van der Waals surface area contributed by atoms with Gasteiger partial charge in [-0.2, -0.15) is 0 Å². The fraction of sp³-hybridized carbons (Fsp3) is 0.529. The maximum Gasteiger partial charge on any atom is 0.228 e. The van der Waals surface area contributed by atoms with Gasteiger partial charge in [-0.3, -0.25) is 9.59 Å². The lowest BCUT2D eigenvalue weighted by Crippen LogP contribution is -2.36. The molecule has 2 heterocycles. The highest BCUT2D eigenvalue weighted by atomic mass is 35.5. The number of anilines is 1. The SMILES string of the molecule is CNCC1CCN(C(=O)C2CC(=O)N(c3cc(Cl)cc(Cl)c3)C2)C1. The number of halogens is 2. The number of carbonyl (C=O) groups is 2. The van der Waals surface area contributed by atoms with E-state index in [1.165, 1.54) is 0 Å². The molecular formula is C17H21Cl2N3O2. The molecule has 0 aliphatic carbocycles. The van der Waals surface area contributed by atoms with Gasteiger partial charge >= 0.3 is 0 Å². The summed E-state index contributed by atoms with van der Waals surface area (Å²) in [6.07, 6.45) is 1.26. The van der Waals surface area contributed by atoms with E-state index in [9.17, 15) is 9.59 Å². The monoisotopic (exact) mass is 369 g/mol. The van der Waals surface area contributed by atoms with Crippen molar-refractivity contribution in [3.8, 4) is 0 Å². The van der Waals surface area contributed by atoms with Crippen molar-refractivity contribution in [3.63, 3.8) is 0 Å². The highest BCUT2D eigenvalue weighted by Gasteiger charge is 2.39. The lowest BCUT2D eigenvalue weighted by Gasteiger charge is -2.21. The predicted molar refractivity (Wildman–Crippen MR) is 95.5 cm³/mol. The minimum Gasteiger partial charge on any atom is -0.342 e. The molecule has 2 fully saturated rings. The fourth-order valence-electron chi connectivity index (χ4n) is 3.56. The second kappa shape index (κ2) is 7.30. The third-order valence-electron chi connectivity index (χ3n) is 4.72. The number of hydrogen-bond acceptors (Lipinski definition) is 3. The van der Waals surface area contributed by atoms with Gasteiger partial charge in [-0.15, -0.1) is 0 Å². The molecule has 1 aromatic rings. The van der Waals surface area contributed by atoms with E-state index in [1.807, 2.05) is 11.9 Å². The van der Waals surface area contributed by atoms with Crippen molar-refractivity contribution in [2.75, 3.05) is 38.1 Å². The average molecular weight is 370 g/mol. The molecule has 2 amide bonds. The summed E-state index contributed by atoms with van der Waals surface area (Å²) in [7, 11) is 1.92. The summed E-state index contributed by atoms with van der Waals surface area (Å²) < 4.78 is 0. The van der Waals surface area contributed by atoms with Crippen LogP contribution in [0.15, 0.2) is 18.2 Å². The van der Waals surface area contributed by atoms with Crippen molar-refractivity contribution in [2.24, 2.45) is 11.8 Å². The van der Waals surface area contributed by atoms with E-state index in [0.717, 1.165) is 26.1 Å². The summed E-state index contributed by atoms with van der Waals surface area (Å²) in [5, 5.41) is 4.12. The summed E-state index contributed by atoms with van der Waals surface area (Å²) in [5.74, 6) is 0.234. The molecule has 1 N–H and O–H groups in total. The van der Waals surface area contributed by atoms with Crippen molar-refractivity contribution >= 4 is 40.7 Å². The van der Waals surface area contributed by atoms with Gasteiger partial charge in [0.05, 0.1) is 5.92 Å². The Morgan fingerprint density at radius 2 is 1.96 bits per heavy atom. The Balaban J connectivity index is 1.67. The van der Waals surface area contributed by atoms with Crippen molar-refractivity contribution in [2.45, 2.75) is 12.8 Å². The maximum atomic E-state index is 12.7. The predicted octanol–water partition coefficient (Wildman–Crippen LogP) is 2.41.